The van der Waals surface area contributed by atoms with E-state index in [-0.39, 0.29) is 0 Å². The van der Waals surface area contributed by atoms with E-state index in [1.807, 2.05) is 6.92 Å². The number of fused-ring (bicyclic) bond motifs is 1. The maximum atomic E-state index is 10.7. The Labute approximate surface area is 97.5 Å². The number of aryl methyl sites for hydroxylation is 1. The number of carboxylic acid groups (broad SMARTS) is 1. The fourth-order valence-electron chi connectivity index (χ4n) is 1.40. The zero-order valence-corrected chi connectivity index (χ0v) is 9.58. The molecule has 2 rings (SSSR count). The molecule has 0 amide bonds. The molecule has 0 radical (unpaired) electrons. The van der Waals surface area contributed by atoms with Crippen LogP contribution in [-0.2, 0) is 4.79 Å². The fraction of sp³-hybridized carbons (Fsp3) is 0.400. The molecule has 90 valence electrons. The lowest BCUT2D eigenvalue weighted by Crippen LogP contribution is -2.20. The molecule has 7 heteroatoms. The molecule has 2 aromatic heterocycles. The van der Waals surface area contributed by atoms with E-state index in [4.69, 9.17) is 5.11 Å². The van der Waals surface area contributed by atoms with Crippen molar-refractivity contribution in [3.05, 3.63) is 18.2 Å². The number of aromatic nitrogens is 4. The van der Waals surface area contributed by atoms with E-state index in [1.54, 1.807) is 23.7 Å². The van der Waals surface area contributed by atoms with Gasteiger partial charge in [-0.2, -0.15) is 0 Å². The smallest absolute Gasteiger partial charge is 0.308 e. The summed E-state index contributed by atoms with van der Waals surface area (Å²) in [5.41, 5.74) is 0.600. The second-order valence-electron chi connectivity index (χ2n) is 3.84. The maximum Gasteiger partial charge on any atom is 0.308 e. The SMILES string of the molecule is Cc1nnc2c(NCC(C)C(=O)O)nccn12. The van der Waals surface area contributed by atoms with Gasteiger partial charge in [0.15, 0.2) is 5.82 Å². The first-order valence-electron chi connectivity index (χ1n) is 5.22. The normalized spacial score (nSPS) is 12.6. The Kier molecular flexibility index (Phi) is 2.90. The van der Waals surface area contributed by atoms with Crippen LogP contribution in [0.2, 0.25) is 0 Å². The van der Waals surface area contributed by atoms with Crippen LogP contribution in [0.4, 0.5) is 5.82 Å². The number of aliphatic carboxylic acids is 1. The third-order valence-electron chi connectivity index (χ3n) is 2.49. The predicted octanol–water partition coefficient (Wildman–Crippen LogP) is 0.565. The van der Waals surface area contributed by atoms with E-state index in [9.17, 15) is 4.79 Å². The van der Waals surface area contributed by atoms with Crippen molar-refractivity contribution >= 4 is 17.4 Å². The Morgan fingerprint density at radius 1 is 1.59 bits per heavy atom. The quantitative estimate of drug-likeness (QED) is 0.804. The third kappa shape index (κ3) is 2.17. The molecule has 0 aromatic carbocycles. The highest BCUT2D eigenvalue weighted by atomic mass is 16.4. The highest BCUT2D eigenvalue weighted by molar-refractivity contribution is 5.71. The third-order valence-corrected chi connectivity index (χ3v) is 2.49. The minimum Gasteiger partial charge on any atom is -0.481 e. The van der Waals surface area contributed by atoms with E-state index >= 15 is 0 Å². The average Bonchev–Trinajstić information content (AvgIpc) is 2.69. The summed E-state index contributed by atoms with van der Waals surface area (Å²) < 4.78 is 1.79. The molecule has 17 heavy (non-hydrogen) atoms. The highest BCUT2D eigenvalue weighted by Crippen LogP contribution is 2.12. The average molecular weight is 235 g/mol. The minimum absolute atomic E-state index is 0.300. The number of carboxylic acids is 1. The molecule has 2 heterocycles. The van der Waals surface area contributed by atoms with E-state index in [1.165, 1.54) is 0 Å². The van der Waals surface area contributed by atoms with Crippen LogP contribution in [0.5, 0.6) is 0 Å². The summed E-state index contributed by atoms with van der Waals surface area (Å²) >= 11 is 0. The van der Waals surface area contributed by atoms with Crippen molar-refractivity contribution < 1.29 is 9.90 Å². The Morgan fingerprint density at radius 2 is 2.35 bits per heavy atom. The van der Waals surface area contributed by atoms with Gasteiger partial charge in [0.25, 0.3) is 0 Å². The van der Waals surface area contributed by atoms with Gasteiger partial charge in [-0.15, -0.1) is 10.2 Å². The summed E-state index contributed by atoms with van der Waals surface area (Å²) in [6.45, 7) is 3.77. The van der Waals surface area contributed by atoms with Crippen LogP contribution in [0.1, 0.15) is 12.7 Å². The largest absolute Gasteiger partial charge is 0.481 e. The van der Waals surface area contributed by atoms with Crippen LogP contribution in [0.15, 0.2) is 12.4 Å². The van der Waals surface area contributed by atoms with Crippen LogP contribution in [0, 0.1) is 12.8 Å². The van der Waals surface area contributed by atoms with Gasteiger partial charge in [-0.3, -0.25) is 9.20 Å². The zero-order valence-electron chi connectivity index (χ0n) is 9.58. The van der Waals surface area contributed by atoms with Crippen molar-refractivity contribution in [2.75, 3.05) is 11.9 Å². The second kappa shape index (κ2) is 4.36. The molecule has 0 bridgehead atoms. The summed E-state index contributed by atoms with van der Waals surface area (Å²) in [7, 11) is 0. The van der Waals surface area contributed by atoms with Crippen molar-refractivity contribution in [2.45, 2.75) is 13.8 Å². The van der Waals surface area contributed by atoms with Gasteiger partial charge in [-0.1, -0.05) is 6.92 Å². The van der Waals surface area contributed by atoms with Crippen LogP contribution in [0.25, 0.3) is 5.65 Å². The first-order chi connectivity index (χ1) is 8.09. The summed E-state index contributed by atoms with van der Waals surface area (Å²) in [5, 5.41) is 19.7. The van der Waals surface area contributed by atoms with Gasteiger partial charge < -0.3 is 10.4 Å². The monoisotopic (exact) mass is 235 g/mol. The molecule has 0 saturated heterocycles. The highest BCUT2D eigenvalue weighted by Gasteiger charge is 2.12. The van der Waals surface area contributed by atoms with Gasteiger partial charge in [0.05, 0.1) is 5.92 Å². The van der Waals surface area contributed by atoms with Crippen molar-refractivity contribution in [3.63, 3.8) is 0 Å². The molecular weight excluding hydrogens is 222 g/mol. The molecule has 7 nitrogen and oxygen atoms in total. The number of carbonyl (C=O) groups is 1. The molecule has 2 N–H and O–H groups in total. The first-order valence-corrected chi connectivity index (χ1v) is 5.22. The van der Waals surface area contributed by atoms with Crippen LogP contribution in [-0.4, -0.2) is 37.2 Å². The number of rotatable bonds is 4. The minimum atomic E-state index is -0.845. The Morgan fingerprint density at radius 3 is 3.06 bits per heavy atom. The Hall–Kier alpha value is -2.18. The molecule has 0 saturated carbocycles. The standard InChI is InChI=1S/C10H13N5O2/c1-6(10(16)17)5-12-8-9-14-13-7(2)15(9)4-3-11-8/h3-4,6H,5H2,1-2H3,(H,11,12)(H,16,17). The van der Waals surface area contributed by atoms with Gasteiger partial charge in [-0.05, 0) is 6.92 Å². The van der Waals surface area contributed by atoms with Crippen molar-refractivity contribution in [1.82, 2.24) is 19.6 Å². The summed E-state index contributed by atoms with van der Waals surface area (Å²) in [6.07, 6.45) is 3.38. The van der Waals surface area contributed by atoms with Crippen molar-refractivity contribution in [1.29, 1.82) is 0 Å². The molecule has 0 aliphatic rings. The topological polar surface area (TPSA) is 92.4 Å². The van der Waals surface area contributed by atoms with Gasteiger partial charge in [0, 0.05) is 18.9 Å². The summed E-state index contributed by atoms with van der Waals surface area (Å²) in [5.74, 6) is -0.0268. The number of hydrogen-bond donors (Lipinski definition) is 2. The summed E-state index contributed by atoms with van der Waals surface area (Å²) in [6, 6.07) is 0. The lowest BCUT2D eigenvalue weighted by molar-refractivity contribution is -0.140. The van der Waals surface area contributed by atoms with E-state index in [2.05, 4.69) is 20.5 Å². The van der Waals surface area contributed by atoms with E-state index in [0.29, 0.717) is 18.0 Å². The molecule has 1 atom stereocenters. The lowest BCUT2D eigenvalue weighted by atomic mass is 10.2. The van der Waals surface area contributed by atoms with Crippen LogP contribution < -0.4 is 5.32 Å². The molecule has 2 aromatic rings. The molecule has 0 fully saturated rings. The van der Waals surface area contributed by atoms with Gasteiger partial charge in [0.1, 0.15) is 5.82 Å². The molecule has 0 aliphatic heterocycles. The van der Waals surface area contributed by atoms with E-state index < -0.39 is 11.9 Å². The molecule has 0 aliphatic carbocycles. The fourth-order valence-corrected chi connectivity index (χ4v) is 1.40. The number of hydrogen-bond acceptors (Lipinski definition) is 5. The van der Waals surface area contributed by atoms with Crippen molar-refractivity contribution in [3.8, 4) is 0 Å². The first kappa shape index (κ1) is 11.3. The Balaban J connectivity index is 2.21. The zero-order chi connectivity index (χ0) is 12.4. The van der Waals surface area contributed by atoms with Crippen molar-refractivity contribution in [2.24, 2.45) is 5.92 Å². The van der Waals surface area contributed by atoms with Gasteiger partial charge in [-0.25, -0.2) is 4.98 Å². The molecule has 1 unspecified atom stereocenters. The van der Waals surface area contributed by atoms with Gasteiger partial charge >= 0.3 is 5.97 Å². The van der Waals surface area contributed by atoms with Crippen LogP contribution >= 0.6 is 0 Å². The number of nitrogens with zero attached hydrogens (tertiary/aromatic N) is 4. The number of nitrogens with one attached hydrogen (secondary N) is 1. The lowest BCUT2D eigenvalue weighted by Gasteiger charge is -2.09. The predicted molar refractivity (Wildman–Crippen MR) is 60.8 cm³/mol. The van der Waals surface area contributed by atoms with Gasteiger partial charge in [0.2, 0.25) is 5.65 Å². The maximum absolute atomic E-state index is 10.7. The molecular formula is C10H13N5O2. The van der Waals surface area contributed by atoms with E-state index in [0.717, 1.165) is 5.82 Å². The number of anilines is 1. The molecule has 0 spiro atoms. The Bertz CT molecular complexity index is 551. The summed E-state index contributed by atoms with van der Waals surface area (Å²) in [4.78, 5) is 14.8. The second-order valence-corrected chi connectivity index (χ2v) is 3.84. The van der Waals surface area contributed by atoms with Crippen LogP contribution in [0.3, 0.4) is 0 Å².